The molecule has 0 rings (SSSR count). The van der Waals surface area contributed by atoms with E-state index in [-0.39, 0.29) is 42.8 Å². The van der Waals surface area contributed by atoms with Crippen molar-refractivity contribution in [2.45, 2.75) is 96.8 Å². The van der Waals surface area contributed by atoms with Crippen molar-refractivity contribution in [2.75, 3.05) is 33.0 Å². The molecule has 0 saturated heterocycles. The molecule has 30 heavy (non-hydrogen) atoms. The summed E-state index contributed by atoms with van der Waals surface area (Å²) in [5.41, 5.74) is 0. The Labute approximate surface area is 207 Å². The van der Waals surface area contributed by atoms with E-state index in [1.54, 1.807) is 0 Å². The van der Waals surface area contributed by atoms with Gasteiger partial charge in [0.05, 0.1) is 26.4 Å². The summed E-state index contributed by atoms with van der Waals surface area (Å²) < 4.78 is 45.1. The van der Waals surface area contributed by atoms with E-state index in [9.17, 15) is 13.0 Å². The topological polar surface area (TPSA) is 84.9 Å². The zero-order valence-corrected chi connectivity index (χ0v) is 22.3. The van der Waals surface area contributed by atoms with Gasteiger partial charge in [-0.25, -0.2) is 8.42 Å². The van der Waals surface area contributed by atoms with Crippen LogP contribution in [-0.4, -0.2) is 46.0 Å². The van der Waals surface area contributed by atoms with Crippen molar-refractivity contribution in [1.82, 2.24) is 0 Å². The Hall–Kier alpha value is 0.530. The van der Waals surface area contributed by atoms with Gasteiger partial charge in [-0.05, 0) is 32.1 Å². The number of unbranched alkanes of at least 4 members (excludes halogenated alkanes) is 12. The third-order valence-electron chi connectivity index (χ3n) is 4.63. The Bertz CT molecular complexity index is 457. The molecule has 0 bridgehead atoms. The molecular formula is C22H43NaO6S. The van der Waals surface area contributed by atoms with Crippen molar-refractivity contribution >= 4 is 10.4 Å². The second kappa shape index (κ2) is 25.8. The minimum atomic E-state index is -4.62. The fraction of sp³-hybridized carbons (Fsp3) is 0.909. The van der Waals surface area contributed by atoms with Gasteiger partial charge < -0.3 is 14.0 Å². The monoisotopic (exact) mass is 458 g/mol. The SMILES string of the molecule is CCCCCCCC/C=C\CCCCCCCCOCCOCCOS(=O)(=O)[O-].[Na+]. The molecule has 0 spiro atoms. The second-order valence-electron chi connectivity index (χ2n) is 7.39. The molecule has 0 radical (unpaired) electrons. The van der Waals surface area contributed by atoms with Gasteiger partial charge in [0.25, 0.3) is 0 Å². The summed E-state index contributed by atoms with van der Waals surface area (Å²) in [4.78, 5) is 0. The fourth-order valence-electron chi connectivity index (χ4n) is 2.97. The molecule has 8 heteroatoms. The summed E-state index contributed by atoms with van der Waals surface area (Å²) >= 11 is 0. The van der Waals surface area contributed by atoms with E-state index in [4.69, 9.17) is 9.47 Å². The zero-order chi connectivity index (χ0) is 21.5. The van der Waals surface area contributed by atoms with E-state index >= 15 is 0 Å². The van der Waals surface area contributed by atoms with Gasteiger partial charge in [-0.1, -0.05) is 76.9 Å². The van der Waals surface area contributed by atoms with Gasteiger partial charge in [0.2, 0.25) is 10.4 Å². The molecule has 0 unspecified atom stereocenters. The van der Waals surface area contributed by atoms with Crippen molar-refractivity contribution in [3.8, 4) is 0 Å². The number of rotatable bonds is 23. The zero-order valence-electron chi connectivity index (χ0n) is 19.4. The first kappa shape index (κ1) is 32.7. The van der Waals surface area contributed by atoms with E-state index in [2.05, 4.69) is 23.3 Å². The Morgan fingerprint density at radius 2 is 1.07 bits per heavy atom. The second-order valence-corrected chi connectivity index (χ2v) is 8.45. The van der Waals surface area contributed by atoms with Crippen LogP contribution in [0.1, 0.15) is 96.8 Å². The van der Waals surface area contributed by atoms with Crippen LogP contribution in [0.5, 0.6) is 0 Å². The molecule has 0 aromatic rings. The maximum atomic E-state index is 10.2. The number of hydrogen-bond donors (Lipinski definition) is 0. The standard InChI is InChI=1S/C22H44O6S.Na/c1-2-3-4-5-6-7-8-9-10-11-12-13-14-15-16-17-18-26-19-20-27-21-22-28-29(23,24)25;/h9-10H,2-8,11-22H2,1H3,(H,23,24,25);/q;+1/p-1/b10-9-;. The van der Waals surface area contributed by atoms with E-state index in [0.717, 1.165) is 13.0 Å². The summed E-state index contributed by atoms with van der Waals surface area (Å²) in [6.45, 7) is 3.63. The molecule has 0 heterocycles. The summed E-state index contributed by atoms with van der Waals surface area (Å²) in [6.07, 6.45) is 22.8. The Morgan fingerprint density at radius 1 is 0.633 bits per heavy atom. The predicted octanol–water partition coefficient (Wildman–Crippen LogP) is 2.54. The number of ether oxygens (including phenoxy) is 2. The minimum absolute atomic E-state index is 0. The van der Waals surface area contributed by atoms with Gasteiger partial charge in [-0.2, -0.15) is 0 Å². The molecule has 0 aliphatic carbocycles. The van der Waals surface area contributed by atoms with Gasteiger partial charge in [0.1, 0.15) is 0 Å². The third kappa shape index (κ3) is 30.7. The van der Waals surface area contributed by atoms with Crippen LogP contribution in [0.4, 0.5) is 0 Å². The Kier molecular flexibility index (Phi) is 28.1. The van der Waals surface area contributed by atoms with E-state index in [1.165, 1.54) is 83.5 Å². The van der Waals surface area contributed by atoms with Crippen molar-refractivity contribution in [2.24, 2.45) is 0 Å². The molecule has 0 aliphatic heterocycles. The number of hydrogen-bond acceptors (Lipinski definition) is 6. The molecule has 0 N–H and O–H groups in total. The summed E-state index contributed by atoms with van der Waals surface area (Å²) in [5, 5.41) is 0. The van der Waals surface area contributed by atoms with E-state index in [0.29, 0.717) is 13.2 Å². The largest absolute Gasteiger partial charge is 1.00 e. The summed E-state index contributed by atoms with van der Waals surface area (Å²) in [5.74, 6) is 0. The van der Waals surface area contributed by atoms with Crippen LogP contribution in [0.2, 0.25) is 0 Å². The van der Waals surface area contributed by atoms with Gasteiger partial charge in [-0.3, -0.25) is 4.18 Å². The Balaban J connectivity index is 0. The smallest absolute Gasteiger partial charge is 0.726 e. The van der Waals surface area contributed by atoms with Crippen LogP contribution < -0.4 is 29.6 Å². The molecule has 6 nitrogen and oxygen atoms in total. The molecule has 0 aliphatic rings. The van der Waals surface area contributed by atoms with Crippen LogP contribution in [-0.2, 0) is 24.1 Å². The van der Waals surface area contributed by atoms with Crippen LogP contribution >= 0.6 is 0 Å². The molecular weight excluding hydrogens is 415 g/mol. The molecule has 0 fully saturated rings. The van der Waals surface area contributed by atoms with Crippen molar-refractivity contribution in [3.63, 3.8) is 0 Å². The van der Waals surface area contributed by atoms with Gasteiger partial charge in [0, 0.05) is 6.61 Å². The molecule has 174 valence electrons. The summed E-state index contributed by atoms with van der Waals surface area (Å²) in [6, 6.07) is 0. The van der Waals surface area contributed by atoms with Gasteiger partial charge >= 0.3 is 29.6 Å². The summed E-state index contributed by atoms with van der Waals surface area (Å²) in [7, 11) is -4.62. The first-order valence-electron chi connectivity index (χ1n) is 11.5. The van der Waals surface area contributed by atoms with E-state index < -0.39 is 10.4 Å². The average Bonchev–Trinajstić information content (AvgIpc) is 2.67. The maximum absolute atomic E-state index is 10.2. The van der Waals surface area contributed by atoms with Crippen LogP contribution in [0.15, 0.2) is 12.2 Å². The van der Waals surface area contributed by atoms with Crippen molar-refractivity contribution < 1.29 is 56.2 Å². The number of allylic oxidation sites excluding steroid dienone is 2. The van der Waals surface area contributed by atoms with Crippen LogP contribution in [0, 0.1) is 0 Å². The maximum Gasteiger partial charge on any atom is 1.00 e. The normalized spacial score (nSPS) is 11.8. The minimum Gasteiger partial charge on any atom is -0.726 e. The average molecular weight is 459 g/mol. The third-order valence-corrected chi connectivity index (χ3v) is 5.08. The van der Waals surface area contributed by atoms with Crippen molar-refractivity contribution in [3.05, 3.63) is 12.2 Å². The molecule has 0 aromatic heterocycles. The predicted molar refractivity (Wildman–Crippen MR) is 117 cm³/mol. The van der Waals surface area contributed by atoms with Crippen LogP contribution in [0.3, 0.4) is 0 Å². The first-order chi connectivity index (χ1) is 14.1. The van der Waals surface area contributed by atoms with Crippen LogP contribution in [0.25, 0.3) is 0 Å². The van der Waals surface area contributed by atoms with Crippen molar-refractivity contribution in [1.29, 1.82) is 0 Å². The molecule has 0 atom stereocenters. The quantitative estimate of drug-likeness (QED) is 0.0769. The van der Waals surface area contributed by atoms with Gasteiger partial charge in [-0.15, -0.1) is 0 Å². The molecule has 0 aromatic carbocycles. The molecule has 0 saturated carbocycles. The first-order valence-corrected chi connectivity index (χ1v) is 12.8. The molecule has 0 amide bonds. The van der Waals surface area contributed by atoms with Gasteiger partial charge in [0.15, 0.2) is 0 Å². The fourth-order valence-corrected chi connectivity index (χ4v) is 3.24. The van der Waals surface area contributed by atoms with E-state index in [1.807, 2.05) is 0 Å². The Morgan fingerprint density at radius 3 is 1.60 bits per heavy atom.